The van der Waals surface area contributed by atoms with Crippen molar-refractivity contribution in [2.45, 2.75) is 5.41 Å². The third-order valence-electron chi connectivity index (χ3n) is 13.1. The van der Waals surface area contributed by atoms with E-state index in [0.717, 1.165) is 66.7 Å². The Kier molecular flexibility index (Phi) is 7.52. The van der Waals surface area contributed by atoms with Crippen molar-refractivity contribution in [1.82, 2.24) is 9.97 Å². The zero-order valence-corrected chi connectivity index (χ0v) is 33.6. The van der Waals surface area contributed by atoms with Crippen LogP contribution >= 0.6 is 0 Å². The molecule has 0 saturated carbocycles. The molecule has 62 heavy (non-hydrogen) atoms. The van der Waals surface area contributed by atoms with Gasteiger partial charge in [-0.25, -0.2) is 9.97 Å². The summed E-state index contributed by atoms with van der Waals surface area (Å²) in [6, 6.07) is 78.4. The van der Waals surface area contributed by atoms with Crippen LogP contribution in [0, 0.1) is 0 Å². The van der Waals surface area contributed by atoms with E-state index < -0.39 is 5.41 Å². The van der Waals surface area contributed by atoms with Gasteiger partial charge in [-0.1, -0.05) is 200 Å². The van der Waals surface area contributed by atoms with E-state index in [1.807, 2.05) is 30.3 Å². The summed E-state index contributed by atoms with van der Waals surface area (Å²) in [5.41, 5.74) is 21.2. The van der Waals surface area contributed by atoms with Crippen LogP contribution in [0.2, 0.25) is 0 Å². The van der Waals surface area contributed by atoms with E-state index in [1.165, 1.54) is 50.1 Å². The number of benzene rings is 9. The molecule has 0 saturated heterocycles. The molecular formula is C59H36N2O. The lowest BCUT2D eigenvalue weighted by Gasteiger charge is -2.30. The first-order valence-corrected chi connectivity index (χ1v) is 21.2. The number of rotatable bonds is 5. The molecule has 0 aliphatic heterocycles. The molecule has 0 atom stereocenters. The molecule has 0 radical (unpaired) electrons. The highest BCUT2D eigenvalue weighted by molar-refractivity contribution is 6.09. The summed E-state index contributed by atoms with van der Waals surface area (Å²) in [6.45, 7) is 0. The zero-order chi connectivity index (χ0) is 40.8. The van der Waals surface area contributed by atoms with Gasteiger partial charge in [0.05, 0.1) is 16.8 Å². The summed E-state index contributed by atoms with van der Waals surface area (Å²) in [4.78, 5) is 10.4. The van der Waals surface area contributed by atoms with Crippen molar-refractivity contribution in [3.63, 3.8) is 0 Å². The molecule has 3 nitrogen and oxygen atoms in total. The first-order valence-electron chi connectivity index (χ1n) is 21.2. The van der Waals surface area contributed by atoms with Crippen LogP contribution in [-0.4, -0.2) is 9.97 Å². The summed E-state index contributed by atoms with van der Waals surface area (Å²) >= 11 is 0. The van der Waals surface area contributed by atoms with Gasteiger partial charge in [-0.2, -0.15) is 0 Å². The molecule has 0 unspecified atom stereocenters. The lowest BCUT2D eigenvalue weighted by Crippen LogP contribution is -2.25. The smallest absolute Gasteiger partial charge is 0.160 e. The summed E-state index contributed by atoms with van der Waals surface area (Å²) in [5, 5.41) is 2.25. The number of hydrogen-bond donors (Lipinski definition) is 0. The van der Waals surface area contributed by atoms with E-state index >= 15 is 0 Å². The van der Waals surface area contributed by atoms with Crippen molar-refractivity contribution in [3.8, 4) is 78.4 Å². The number of nitrogens with zero attached hydrogens (tertiary/aromatic N) is 2. The third-order valence-corrected chi connectivity index (χ3v) is 13.1. The summed E-state index contributed by atoms with van der Waals surface area (Å²) in [5.74, 6) is 0.689. The van der Waals surface area contributed by atoms with Crippen LogP contribution in [0.25, 0.3) is 100 Å². The molecule has 11 aromatic rings. The van der Waals surface area contributed by atoms with Crippen molar-refractivity contribution in [3.05, 3.63) is 241 Å². The summed E-state index contributed by atoms with van der Waals surface area (Å²) in [7, 11) is 0. The Morgan fingerprint density at radius 1 is 0.323 bits per heavy atom. The average molecular weight is 789 g/mol. The lowest BCUT2D eigenvalue weighted by atomic mass is 9.70. The van der Waals surface area contributed by atoms with E-state index in [0.29, 0.717) is 5.82 Å². The van der Waals surface area contributed by atoms with E-state index in [2.05, 4.69) is 188 Å². The molecule has 0 amide bonds. The average Bonchev–Trinajstić information content (AvgIpc) is 3.99. The van der Waals surface area contributed by atoms with Crippen molar-refractivity contribution < 1.29 is 4.42 Å². The standard InChI is InChI=1S/C59H36N2O/c1-2-15-39(16-3-1)58-60-53(38-33-31-37(32-34-38)43-24-13-25-47-46-21-7-11-30-55(46)62-57(43)47)36-54(61-58)41-18-12-17-40(35-41)42-23-14-29-52-56(42)48-22-6-10-28-51(48)59(52)49-26-8-4-19-44(49)45-20-5-9-27-50(45)59/h1-36H. The molecule has 9 aromatic carbocycles. The fraction of sp³-hybridized carbons (Fsp3) is 0.0169. The van der Waals surface area contributed by atoms with Gasteiger partial charge < -0.3 is 4.42 Å². The first-order chi connectivity index (χ1) is 30.7. The highest BCUT2D eigenvalue weighted by Crippen LogP contribution is 2.64. The van der Waals surface area contributed by atoms with Crippen molar-refractivity contribution in [2.24, 2.45) is 0 Å². The van der Waals surface area contributed by atoms with Crippen molar-refractivity contribution in [2.75, 3.05) is 0 Å². The number of fused-ring (bicyclic) bond motifs is 13. The first kappa shape index (κ1) is 34.7. The van der Waals surface area contributed by atoms with Gasteiger partial charge in [0.2, 0.25) is 0 Å². The lowest BCUT2D eigenvalue weighted by molar-refractivity contribution is 0.670. The van der Waals surface area contributed by atoms with Crippen LogP contribution in [0.5, 0.6) is 0 Å². The van der Waals surface area contributed by atoms with Crippen LogP contribution in [0.4, 0.5) is 0 Å². The molecule has 0 N–H and O–H groups in total. The normalized spacial score (nSPS) is 13.0. The predicted octanol–water partition coefficient (Wildman–Crippen LogP) is 15.1. The number of para-hydroxylation sites is 2. The Bertz CT molecular complexity index is 3540. The van der Waals surface area contributed by atoms with E-state index in [4.69, 9.17) is 14.4 Å². The number of aromatic nitrogens is 2. The molecule has 0 fully saturated rings. The Labute approximate surface area is 359 Å². The molecule has 2 heterocycles. The topological polar surface area (TPSA) is 38.9 Å². The van der Waals surface area contributed by atoms with Crippen LogP contribution in [0.1, 0.15) is 22.3 Å². The largest absolute Gasteiger partial charge is 0.455 e. The Morgan fingerprint density at radius 2 is 0.839 bits per heavy atom. The molecule has 2 aliphatic carbocycles. The second-order valence-corrected chi connectivity index (χ2v) is 16.4. The molecule has 3 heteroatoms. The van der Waals surface area contributed by atoms with Crippen LogP contribution in [-0.2, 0) is 5.41 Å². The molecule has 1 spiro atoms. The quantitative estimate of drug-likeness (QED) is 0.174. The summed E-state index contributed by atoms with van der Waals surface area (Å²) < 4.78 is 6.40. The fourth-order valence-corrected chi connectivity index (χ4v) is 10.5. The fourth-order valence-electron chi connectivity index (χ4n) is 10.5. The van der Waals surface area contributed by atoms with Crippen LogP contribution in [0.3, 0.4) is 0 Å². The molecule has 2 aliphatic rings. The van der Waals surface area contributed by atoms with Crippen molar-refractivity contribution in [1.29, 1.82) is 0 Å². The highest BCUT2D eigenvalue weighted by atomic mass is 16.3. The van der Waals surface area contributed by atoms with E-state index in [1.54, 1.807) is 0 Å². The highest BCUT2D eigenvalue weighted by Gasteiger charge is 2.51. The second kappa shape index (κ2) is 13.4. The zero-order valence-electron chi connectivity index (χ0n) is 33.6. The van der Waals surface area contributed by atoms with Gasteiger partial charge in [-0.15, -0.1) is 0 Å². The molecule has 0 bridgehead atoms. The van der Waals surface area contributed by atoms with Crippen LogP contribution < -0.4 is 0 Å². The van der Waals surface area contributed by atoms with Gasteiger partial charge >= 0.3 is 0 Å². The molecule has 288 valence electrons. The van der Waals surface area contributed by atoms with E-state index in [-0.39, 0.29) is 0 Å². The minimum absolute atomic E-state index is 0.396. The SMILES string of the molecule is c1ccc(-c2nc(-c3ccc(-c4cccc5c4oc4ccccc45)cc3)cc(-c3cccc(-c4cccc5c4-c4ccccc4C54c5ccccc5-c5ccccc54)c3)n2)cc1. The predicted molar refractivity (Wildman–Crippen MR) is 253 cm³/mol. The molecule has 2 aromatic heterocycles. The third kappa shape index (κ3) is 5.00. The van der Waals surface area contributed by atoms with Gasteiger partial charge in [0, 0.05) is 33.0 Å². The maximum atomic E-state index is 6.40. The maximum absolute atomic E-state index is 6.40. The van der Waals surface area contributed by atoms with Gasteiger partial charge in [0.1, 0.15) is 11.2 Å². The van der Waals surface area contributed by atoms with Crippen molar-refractivity contribution >= 4 is 21.9 Å². The summed E-state index contributed by atoms with van der Waals surface area (Å²) in [6.07, 6.45) is 0. The number of hydrogen-bond acceptors (Lipinski definition) is 3. The Hall–Kier alpha value is -8.14. The van der Waals surface area contributed by atoms with Gasteiger partial charge in [-0.05, 0) is 79.4 Å². The second-order valence-electron chi connectivity index (χ2n) is 16.4. The minimum atomic E-state index is -0.396. The van der Waals surface area contributed by atoms with E-state index in [9.17, 15) is 0 Å². The van der Waals surface area contributed by atoms with Gasteiger partial charge in [-0.3, -0.25) is 0 Å². The maximum Gasteiger partial charge on any atom is 0.160 e. The Balaban J connectivity index is 0.944. The minimum Gasteiger partial charge on any atom is -0.455 e. The van der Waals surface area contributed by atoms with Gasteiger partial charge in [0.25, 0.3) is 0 Å². The number of furan rings is 1. The molecule has 13 rings (SSSR count). The Morgan fingerprint density at radius 3 is 1.61 bits per heavy atom. The monoisotopic (exact) mass is 788 g/mol. The molecular weight excluding hydrogens is 753 g/mol. The van der Waals surface area contributed by atoms with Gasteiger partial charge in [0.15, 0.2) is 5.82 Å². The van der Waals surface area contributed by atoms with Crippen LogP contribution in [0.15, 0.2) is 223 Å².